The Hall–Kier alpha value is -0.340. The third-order valence-corrected chi connectivity index (χ3v) is 2.59. The molecule has 0 amide bonds. The lowest BCUT2D eigenvalue weighted by Crippen LogP contribution is -2.32. The lowest BCUT2D eigenvalue weighted by molar-refractivity contribution is 0.209. The molecule has 1 fully saturated rings. The van der Waals surface area contributed by atoms with Gasteiger partial charge >= 0.3 is 0 Å². The average Bonchev–Trinajstić information content (AvgIpc) is 2.04. The fourth-order valence-electron chi connectivity index (χ4n) is 1.93. The van der Waals surface area contributed by atoms with Crippen LogP contribution in [0, 0.1) is 5.92 Å². The van der Waals surface area contributed by atoms with Crippen LogP contribution in [-0.4, -0.2) is 31.6 Å². The molecule has 0 aromatic rings. The summed E-state index contributed by atoms with van der Waals surface area (Å²) in [5.41, 5.74) is 6.71. The highest BCUT2D eigenvalue weighted by Gasteiger charge is 2.16. The molecule has 0 radical (unpaired) electrons. The minimum absolute atomic E-state index is 0.653. The normalized spacial score (nSPS) is 25.7. The molecule has 1 heterocycles. The highest BCUT2D eigenvalue weighted by atomic mass is 15.1. The van der Waals surface area contributed by atoms with Gasteiger partial charge in [-0.05, 0) is 38.8 Å². The molecule has 12 heavy (non-hydrogen) atoms. The van der Waals surface area contributed by atoms with E-state index in [1.54, 1.807) is 0 Å². The number of likely N-dealkylation sites (tertiary alicyclic amines) is 1. The van der Waals surface area contributed by atoms with Crippen LogP contribution in [-0.2, 0) is 0 Å². The monoisotopic (exact) mass is 168 g/mol. The molecule has 0 bridgehead atoms. The van der Waals surface area contributed by atoms with Gasteiger partial charge in [0, 0.05) is 13.1 Å². The average molecular weight is 168 g/mol. The van der Waals surface area contributed by atoms with Gasteiger partial charge in [0.05, 0.1) is 0 Å². The van der Waals surface area contributed by atoms with Crippen molar-refractivity contribution in [3.8, 4) is 0 Å². The van der Waals surface area contributed by atoms with E-state index in [1.807, 2.05) is 0 Å². The van der Waals surface area contributed by atoms with Gasteiger partial charge in [0.15, 0.2) is 0 Å². The van der Waals surface area contributed by atoms with Crippen LogP contribution in [0.25, 0.3) is 0 Å². The van der Waals surface area contributed by atoms with Crippen LogP contribution in [0.3, 0.4) is 0 Å². The number of hydrogen-bond acceptors (Lipinski definition) is 2. The lowest BCUT2D eigenvalue weighted by Gasteiger charge is -2.29. The zero-order valence-electron chi connectivity index (χ0n) is 8.05. The van der Waals surface area contributed by atoms with E-state index in [1.165, 1.54) is 31.5 Å². The Kier molecular flexibility index (Phi) is 3.76. The first-order valence-corrected chi connectivity index (χ1v) is 4.77. The highest BCUT2D eigenvalue weighted by Crippen LogP contribution is 2.20. The molecule has 2 nitrogen and oxygen atoms in total. The summed E-state index contributed by atoms with van der Waals surface area (Å²) in [6.07, 6.45) is 3.81. The molecule has 1 aliphatic rings. The summed E-state index contributed by atoms with van der Waals surface area (Å²) in [5, 5.41) is 0. The topological polar surface area (TPSA) is 29.3 Å². The standard InChI is InChI=1S/C10H20N2/c1-9(7-11)6-10-4-3-5-12(2)8-10/h10H,1,3-8,11H2,2H3. The van der Waals surface area contributed by atoms with E-state index in [2.05, 4.69) is 18.5 Å². The molecular formula is C10H20N2. The number of nitrogens with two attached hydrogens (primary N) is 1. The van der Waals surface area contributed by atoms with Crippen molar-refractivity contribution >= 4 is 0 Å². The Balaban J connectivity index is 2.27. The smallest absolute Gasteiger partial charge is 0.0134 e. The predicted molar refractivity (Wildman–Crippen MR) is 53.0 cm³/mol. The van der Waals surface area contributed by atoms with Crippen molar-refractivity contribution in [2.45, 2.75) is 19.3 Å². The van der Waals surface area contributed by atoms with E-state index >= 15 is 0 Å². The maximum absolute atomic E-state index is 5.51. The first-order valence-electron chi connectivity index (χ1n) is 4.77. The Morgan fingerprint density at radius 2 is 2.42 bits per heavy atom. The number of hydrogen-bond donors (Lipinski definition) is 1. The van der Waals surface area contributed by atoms with Crippen LogP contribution in [0.1, 0.15) is 19.3 Å². The Morgan fingerprint density at radius 3 is 3.00 bits per heavy atom. The van der Waals surface area contributed by atoms with Gasteiger partial charge in [-0.2, -0.15) is 0 Å². The molecule has 1 aliphatic heterocycles. The first-order chi connectivity index (χ1) is 5.72. The van der Waals surface area contributed by atoms with Gasteiger partial charge in [-0.1, -0.05) is 12.2 Å². The van der Waals surface area contributed by atoms with Gasteiger partial charge in [0.25, 0.3) is 0 Å². The zero-order chi connectivity index (χ0) is 8.97. The fourth-order valence-corrected chi connectivity index (χ4v) is 1.93. The third-order valence-electron chi connectivity index (χ3n) is 2.59. The van der Waals surface area contributed by atoms with E-state index in [0.29, 0.717) is 6.54 Å². The van der Waals surface area contributed by atoms with Crippen LogP contribution < -0.4 is 5.73 Å². The molecule has 2 N–H and O–H groups in total. The van der Waals surface area contributed by atoms with Crippen LogP contribution in [0.5, 0.6) is 0 Å². The van der Waals surface area contributed by atoms with E-state index in [-0.39, 0.29) is 0 Å². The van der Waals surface area contributed by atoms with Crippen LogP contribution in [0.4, 0.5) is 0 Å². The molecule has 2 heteroatoms. The third kappa shape index (κ3) is 2.95. The molecule has 0 saturated carbocycles. The van der Waals surface area contributed by atoms with E-state index < -0.39 is 0 Å². The van der Waals surface area contributed by atoms with Crippen LogP contribution in [0.2, 0.25) is 0 Å². The molecule has 1 rings (SSSR count). The summed E-state index contributed by atoms with van der Waals surface area (Å²) in [5.74, 6) is 0.805. The molecule has 1 unspecified atom stereocenters. The van der Waals surface area contributed by atoms with Gasteiger partial charge in [-0.3, -0.25) is 0 Å². The predicted octanol–water partition coefficient (Wildman–Crippen LogP) is 1.23. The van der Waals surface area contributed by atoms with Crippen molar-refractivity contribution in [2.75, 3.05) is 26.7 Å². The van der Waals surface area contributed by atoms with Crippen LogP contribution >= 0.6 is 0 Å². The van der Waals surface area contributed by atoms with Crippen molar-refractivity contribution in [1.29, 1.82) is 0 Å². The molecule has 0 aromatic heterocycles. The minimum Gasteiger partial charge on any atom is -0.327 e. The Labute approximate surface area is 75.4 Å². The van der Waals surface area contributed by atoms with E-state index in [4.69, 9.17) is 5.73 Å². The maximum Gasteiger partial charge on any atom is 0.0134 e. The zero-order valence-corrected chi connectivity index (χ0v) is 8.05. The number of rotatable bonds is 3. The number of nitrogens with zero attached hydrogens (tertiary/aromatic N) is 1. The van der Waals surface area contributed by atoms with Crippen molar-refractivity contribution in [3.05, 3.63) is 12.2 Å². The first kappa shape index (κ1) is 9.75. The van der Waals surface area contributed by atoms with Gasteiger partial charge in [-0.25, -0.2) is 0 Å². The Morgan fingerprint density at radius 1 is 1.67 bits per heavy atom. The van der Waals surface area contributed by atoms with Gasteiger partial charge in [-0.15, -0.1) is 0 Å². The molecule has 0 aliphatic carbocycles. The highest BCUT2D eigenvalue weighted by molar-refractivity contribution is 4.97. The largest absolute Gasteiger partial charge is 0.327 e. The van der Waals surface area contributed by atoms with Crippen LogP contribution in [0.15, 0.2) is 12.2 Å². The molecule has 0 aromatic carbocycles. The Bertz CT molecular complexity index is 154. The molecule has 0 spiro atoms. The van der Waals surface area contributed by atoms with E-state index in [0.717, 1.165) is 12.3 Å². The molecular weight excluding hydrogens is 148 g/mol. The van der Waals surface area contributed by atoms with E-state index in [9.17, 15) is 0 Å². The van der Waals surface area contributed by atoms with Gasteiger partial charge < -0.3 is 10.6 Å². The quantitative estimate of drug-likeness (QED) is 0.642. The summed E-state index contributed by atoms with van der Waals surface area (Å²) in [4.78, 5) is 2.40. The molecule has 1 saturated heterocycles. The molecule has 70 valence electrons. The fraction of sp³-hybridized carbons (Fsp3) is 0.800. The molecule has 1 atom stereocenters. The van der Waals surface area contributed by atoms with Crippen molar-refractivity contribution in [2.24, 2.45) is 11.7 Å². The summed E-state index contributed by atoms with van der Waals surface area (Å²) in [6, 6.07) is 0. The minimum atomic E-state index is 0.653. The summed E-state index contributed by atoms with van der Waals surface area (Å²) in [6.45, 7) is 7.08. The van der Waals surface area contributed by atoms with Crippen molar-refractivity contribution < 1.29 is 0 Å². The summed E-state index contributed by atoms with van der Waals surface area (Å²) >= 11 is 0. The van der Waals surface area contributed by atoms with Crippen molar-refractivity contribution in [1.82, 2.24) is 4.90 Å². The van der Waals surface area contributed by atoms with Gasteiger partial charge in [0.1, 0.15) is 0 Å². The second kappa shape index (κ2) is 4.63. The SMILES string of the molecule is C=C(CN)CC1CCCN(C)C1. The second-order valence-electron chi connectivity index (χ2n) is 3.93. The number of piperidine rings is 1. The maximum atomic E-state index is 5.51. The van der Waals surface area contributed by atoms with Gasteiger partial charge in [0.2, 0.25) is 0 Å². The lowest BCUT2D eigenvalue weighted by atomic mass is 9.92. The summed E-state index contributed by atoms with van der Waals surface area (Å²) < 4.78 is 0. The summed E-state index contributed by atoms with van der Waals surface area (Å²) in [7, 11) is 2.19. The second-order valence-corrected chi connectivity index (χ2v) is 3.93. The van der Waals surface area contributed by atoms with Crippen molar-refractivity contribution in [3.63, 3.8) is 0 Å².